The van der Waals surface area contributed by atoms with Gasteiger partial charge in [0.25, 0.3) is 0 Å². The first-order valence-corrected chi connectivity index (χ1v) is 7.10. The van der Waals surface area contributed by atoms with Gasteiger partial charge in [-0.25, -0.2) is 0 Å². The second-order valence-corrected chi connectivity index (χ2v) is 5.30. The molecular weight excluding hydrogens is 234 g/mol. The maximum absolute atomic E-state index is 6.02. The molecule has 1 fully saturated rings. The second kappa shape index (κ2) is 6.17. The van der Waals surface area contributed by atoms with Crippen LogP contribution in [0.4, 0.5) is 0 Å². The largest absolute Gasteiger partial charge is 0.493 e. The monoisotopic (exact) mass is 253 g/mol. The van der Waals surface area contributed by atoms with Crippen LogP contribution in [0.1, 0.15) is 18.4 Å². The third-order valence-corrected chi connectivity index (χ3v) is 4.06. The third-order valence-electron chi connectivity index (χ3n) is 2.88. The molecule has 0 aromatic heterocycles. The molecule has 0 aliphatic carbocycles. The maximum Gasteiger partial charge on any atom is 0.161 e. The molecule has 1 aromatic carbocycles. The van der Waals surface area contributed by atoms with Gasteiger partial charge in [0.15, 0.2) is 11.5 Å². The molecule has 0 amide bonds. The van der Waals surface area contributed by atoms with Gasteiger partial charge in [-0.15, -0.1) is 0 Å². The summed E-state index contributed by atoms with van der Waals surface area (Å²) in [5, 5.41) is 0. The molecule has 0 radical (unpaired) electrons. The normalized spacial score (nSPS) is 20.0. The number of rotatable bonds is 4. The molecule has 0 bridgehead atoms. The van der Waals surface area contributed by atoms with Crippen LogP contribution < -0.4 is 15.2 Å². The van der Waals surface area contributed by atoms with Gasteiger partial charge in [0.2, 0.25) is 0 Å². The predicted octanol–water partition coefficient (Wildman–Crippen LogP) is 2.43. The van der Waals surface area contributed by atoms with Gasteiger partial charge in [0.05, 0.1) is 7.11 Å². The Bertz CT molecular complexity index is 364. The fourth-order valence-corrected chi connectivity index (χ4v) is 2.96. The summed E-state index contributed by atoms with van der Waals surface area (Å²) in [7, 11) is 1.67. The molecule has 4 heteroatoms. The van der Waals surface area contributed by atoms with Crippen molar-refractivity contribution >= 4 is 11.8 Å². The molecule has 0 spiro atoms. The van der Waals surface area contributed by atoms with E-state index in [-0.39, 0.29) is 0 Å². The van der Waals surface area contributed by atoms with Crippen molar-refractivity contribution in [2.75, 3.05) is 18.6 Å². The van der Waals surface area contributed by atoms with Crippen LogP contribution in [0.5, 0.6) is 11.5 Å². The lowest BCUT2D eigenvalue weighted by Gasteiger charge is -2.24. The van der Waals surface area contributed by atoms with Gasteiger partial charge in [0.1, 0.15) is 6.10 Å². The van der Waals surface area contributed by atoms with Crippen molar-refractivity contribution < 1.29 is 9.47 Å². The molecule has 1 saturated heterocycles. The quantitative estimate of drug-likeness (QED) is 0.895. The first kappa shape index (κ1) is 12.6. The highest BCUT2D eigenvalue weighted by Gasteiger charge is 2.17. The number of methoxy groups -OCH3 is 1. The van der Waals surface area contributed by atoms with Gasteiger partial charge < -0.3 is 15.2 Å². The van der Waals surface area contributed by atoms with Crippen LogP contribution in [-0.2, 0) is 6.54 Å². The van der Waals surface area contributed by atoms with Gasteiger partial charge in [0, 0.05) is 12.3 Å². The fourth-order valence-electron chi connectivity index (χ4n) is 1.92. The Kier molecular flexibility index (Phi) is 4.57. The summed E-state index contributed by atoms with van der Waals surface area (Å²) in [6, 6.07) is 5.88. The summed E-state index contributed by atoms with van der Waals surface area (Å²) in [5.74, 6) is 3.93. The molecular formula is C13H19NO2S. The highest BCUT2D eigenvalue weighted by Crippen LogP contribution is 2.31. The molecule has 2 N–H and O–H groups in total. The molecule has 17 heavy (non-hydrogen) atoms. The van der Waals surface area contributed by atoms with E-state index in [0.29, 0.717) is 12.6 Å². The van der Waals surface area contributed by atoms with E-state index < -0.39 is 0 Å². The molecule has 1 aliphatic heterocycles. The summed E-state index contributed by atoms with van der Waals surface area (Å²) < 4.78 is 11.3. The smallest absolute Gasteiger partial charge is 0.161 e. The van der Waals surface area contributed by atoms with Crippen LogP contribution in [0.15, 0.2) is 18.2 Å². The number of ether oxygens (including phenoxy) is 2. The summed E-state index contributed by atoms with van der Waals surface area (Å²) in [5.41, 5.74) is 6.72. The molecule has 1 atom stereocenters. The van der Waals surface area contributed by atoms with Crippen molar-refractivity contribution in [1.82, 2.24) is 0 Å². The Hall–Kier alpha value is -0.870. The van der Waals surface area contributed by atoms with E-state index in [9.17, 15) is 0 Å². The number of hydrogen-bond donors (Lipinski definition) is 1. The van der Waals surface area contributed by atoms with Gasteiger partial charge in [-0.2, -0.15) is 11.8 Å². The van der Waals surface area contributed by atoms with E-state index in [1.165, 1.54) is 12.2 Å². The molecule has 3 nitrogen and oxygen atoms in total. The molecule has 1 aliphatic rings. The van der Waals surface area contributed by atoms with Crippen molar-refractivity contribution in [2.24, 2.45) is 5.73 Å². The zero-order valence-electron chi connectivity index (χ0n) is 10.1. The minimum Gasteiger partial charge on any atom is -0.493 e. The van der Waals surface area contributed by atoms with Crippen LogP contribution in [0.25, 0.3) is 0 Å². The molecule has 1 heterocycles. The highest BCUT2D eigenvalue weighted by molar-refractivity contribution is 7.99. The van der Waals surface area contributed by atoms with Crippen molar-refractivity contribution in [3.8, 4) is 11.5 Å². The Morgan fingerprint density at radius 2 is 2.29 bits per heavy atom. The average Bonchev–Trinajstić information content (AvgIpc) is 2.40. The van der Waals surface area contributed by atoms with Gasteiger partial charge in [-0.3, -0.25) is 0 Å². The van der Waals surface area contributed by atoms with Crippen LogP contribution in [0.3, 0.4) is 0 Å². The van der Waals surface area contributed by atoms with Crippen LogP contribution >= 0.6 is 11.8 Å². The van der Waals surface area contributed by atoms with E-state index in [4.69, 9.17) is 15.2 Å². The molecule has 0 saturated carbocycles. The summed E-state index contributed by atoms with van der Waals surface area (Å²) >= 11 is 1.96. The van der Waals surface area contributed by atoms with E-state index in [0.717, 1.165) is 29.2 Å². The molecule has 1 unspecified atom stereocenters. The van der Waals surface area contributed by atoms with Crippen LogP contribution in [0.2, 0.25) is 0 Å². The number of hydrogen-bond acceptors (Lipinski definition) is 4. The topological polar surface area (TPSA) is 44.5 Å². The molecule has 2 rings (SSSR count). The zero-order valence-corrected chi connectivity index (χ0v) is 11.0. The van der Waals surface area contributed by atoms with E-state index >= 15 is 0 Å². The number of thioether (sulfide) groups is 1. The molecule has 94 valence electrons. The highest BCUT2D eigenvalue weighted by atomic mass is 32.2. The Labute approximate surface area is 107 Å². The van der Waals surface area contributed by atoms with Gasteiger partial charge in [-0.05, 0) is 36.3 Å². The van der Waals surface area contributed by atoms with E-state index in [2.05, 4.69) is 0 Å². The number of nitrogens with two attached hydrogens (primary N) is 1. The first-order valence-electron chi connectivity index (χ1n) is 5.95. The lowest BCUT2D eigenvalue weighted by Crippen LogP contribution is -2.23. The lowest BCUT2D eigenvalue weighted by atomic mass is 10.2. The minimum atomic E-state index is 0.302. The van der Waals surface area contributed by atoms with Crippen molar-refractivity contribution in [3.63, 3.8) is 0 Å². The summed E-state index contributed by atoms with van der Waals surface area (Å²) in [4.78, 5) is 0. The van der Waals surface area contributed by atoms with Crippen LogP contribution in [-0.4, -0.2) is 24.7 Å². The van der Waals surface area contributed by atoms with Gasteiger partial charge >= 0.3 is 0 Å². The summed E-state index contributed by atoms with van der Waals surface area (Å²) in [6.07, 6.45) is 2.66. The number of benzene rings is 1. The predicted molar refractivity (Wildman–Crippen MR) is 71.9 cm³/mol. The van der Waals surface area contributed by atoms with Gasteiger partial charge in [-0.1, -0.05) is 6.07 Å². The first-order chi connectivity index (χ1) is 8.33. The van der Waals surface area contributed by atoms with Crippen molar-refractivity contribution in [3.05, 3.63) is 23.8 Å². The second-order valence-electron chi connectivity index (χ2n) is 4.15. The molecule has 1 aromatic rings. The minimum absolute atomic E-state index is 0.302. The van der Waals surface area contributed by atoms with E-state index in [1.807, 2.05) is 30.0 Å². The summed E-state index contributed by atoms with van der Waals surface area (Å²) in [6.45, 7) is 0.528. The van der Waals surface area contributed by atoms with E-state index in [1.54, 1.807) is 7.11 Å². The maximum atomic E-state index is 6.02. The third kappa shape index (κ3) is 3.30. The lowest BCUT2D eigenvalue weighted by molar-refractivity contribution is 0.202. The average molecular weight is 253 g/mol. The standard InChI is InChI=1S/C13H19NO2S/c1-15-12-5-4-10(8-14)7-13(12)16-11-3-2-6-17-9-11/h4-5,7,11H,2-3,6,8-9,14H2,1H3. The SMILES string of the molecule is COc1ccc(CN)cc1OC1CCCSC1. The zero-order chi connectivity index (χ0) is 12.1. The Morgan fingerprint density at radius 3 is 2.94 bits per heavy atom. The van der Waals surface area contributed by atoms with Crippen molar-refractivity contribution in [2.45, 2.75) is 25.5 Å². The Balaban J connectivity index is 2.11. The Morgan fingerprint density at radius 1 is 1.41 bits per heavy atom. The van der Waals surface area contributed by atoms with Crippen molar-refractivity contribution in [1.29, 1.82) is 0 Å². The van der Waals surface area contributed by atoms with Crippen LogP contribution in [0, 0.1) is 0 Å². The fraction of sp³-hybridized carbons (Fsp3) is 0.538.